The third-order valence-corrected chi connectivity index (χ3v) is 9.63. The molecule has 0 aromatic rings. The normalized spacial score (nSPS) is 49.1. The molecule has 4 aliphatic carbocycles. The molecule has 7 heteroatoms. The first kappa shape index (κ1) is 24.2. The Morgan fingerprint density at radius 2 is 1.97 bits per heavy atom. The number of rotatable bonds is 3. The van der Waals surface area contributed by atoms with Crippen molar-refractivity contribution >= 4 is 5.71 Å². The molecular weight excluding hydrogens is 435 g/mol. The number of hydrogen-bond donors (Lipinski definition) is 2. The third-order valence-electron chi connectivity index (χ3n) is 9.63. The van der Waals surface area contributed by atoms with Gasteiger partial charge in [0.05, 0.1) is 24.5 Å². The van der Waals surface area contributed by atoms with E-state index in [0.29, 0.717) is 18.6 Å². The molecule has 0 amide bonds. The Morgan fingerprint density at radius 3 is 2.62 bits per heavy atom. The van der Waals surface area contributed by atoms with E-state index in [1.54, 1.807) is 19.1 Å². The van der Waals surface area contributed by atoms with Crippen molar-refractivity contribution in [3.05, 3.63) is 36.0 Å². The van der Waals surface area contributed by atoms with Gasteiger partial charge in [-0.25, -0.2) is 4.39 Å². The molecule has 34 heavy (non-hydrogen) atoms. The van der Waals surface area contributed by atoms with E-state index in [-0.39, 0.29) is 31.0 Å². The smallest absolute Gasteiger partial charge is 0.164 e. The van der Waals surface area contributed by atoms with E-state index in [9.17, 15) is 10.2 Å². The van der Waals surface area contributed by atoms with Gasteiger partial charge in [-0.2, -0.15) is 5.10 Å². The first-order valence-corrected chi connectivity index (χ1v) is 12.5. The van der Waals surface area contributed by atoms with E-state index in [0.717, 1.165) is 17.6 Å². The van der Waals surface area contributed by atoms with Gasteiger partial charge >= 0.3 is 0 Å². The van der Waals surface area contributed by atoms with E-state index in [2.05, 4.69) is 18.6 Å². The zero-order valence-electron chi connectivity index (χ0n) is 21.3. The molecule has 0 spiro atoms. The molecule has 6 nitrogen and oxygen atoms in total. The summed E-state index contributed by atoms with van der Waals surface area (Å²) in [7, 11) is 3.61. The molecule has 0 aromatic carbocycles. The molecule has 2 N–H and O–H groups in total. The summed E-state index contributed by atoms with van der Waals surface area (Å²) >= 11 is 0. The Morgan fingerprint density at radius 1 is 1.26 bits per heavy atom. The van der Waals surface area contributed by atoms with Crippen LogP contribution in [0.2, 0.25) is 0 Å². The number of nitrogens with zero attached hydrogens (tertiary/aromatic N) is 2. The largest absolute Gasteiger partial charge is 0.390 e. The average Bonchev–Trinajstić information content (AvgIpc) is 3.14. The Kier molecular flexibility index (Phi) is 5.15. The number of hydrogen-bond acceptors (Lipinski definition) is 6. The van der Waals surface area contributed by atoms with E-state index < -0.39 is 34.0 Å². The molecule has 8 atom stereocenters. The first-order valence-electron chi connectivity index (χ1n) is 12.5. The second-order valence-corrected chi connectivity index (χ2v) is 12.1. The van der Waals surface area contributed by atoms with E-state index in [1.807, 2.05) is 39.0 Å². The lowest BCUT2D eigenvalue weighted by molar-refractivity contribution is -0.236. The highest BCUT2D eigenvalue weighted by Gasteiger charge is 2.79. The Labute approximate surface area is 202 Å². The highest BCUT2D eigenvalue weighted by atomic mass is 19.1. The maximum atomic E-state index is 17.5. The number of aliphatic hydroxyl groups is 2. The van der Waals surface area contributed by atoms with Gasteiger partial charge in [0, 0.05) is 30.8 Å². The summed E-state index contributed by atoms with van der Waals surface area (Å²) in [5.74, 6) is -1.36. The summed E-state index contributed by atoms with van der Waals surface area (Å²) in [6, 6.07) is 0. The summed E-state index contributed by atoms with van der Waals surface area (Å²) in [5, 5.41) is 28.4. The number of ether oxygens (including phenoxy) is 2. The number of fused-ring (bicyclic) bond motifs is 7. The van der Waals surface area contributed by atoms with Gasteiger partial charge < -0.3 is 24.7 Å². The summed E-state index contributed by atoms with van der Waals surface area (Å²) in [6.07, 6.45) is 6.39. The van der Waals surface area contributed by atoms with Crippen molar-refractivity contribution in [2.75, 3.05) is 20.7 Å². The lowest BCUT2D eigenvalue weighted by Crippen LogP contribution is -2.70. The molecule has 0 unspecified atom stereocenters. The number of aliphatic hydroxyl groups excluding tert-OH is 2. The van der Waals surface area contributed by atoms with Crippen LogP contribution in [0.3, 0.4) is 0 Å². The third kappa shape index (κ3) is 2.78. The van der Waals surface area contributed by atoms with Gasteiger partial charge in [-0.1, -0.05) is 37.3 Å². The molecule has 1 aliphatic heterocycles. The van der Waals surface area contributed by atoms with Gasteiger partial charge in [-0.05, 0) is 57.9 Å². The van der Waals surface area contributed by atoms with Gasteiger partial charge in [0.2, 0.25) is 0 Å². The predicted molar refractivity (Wildman–Crippen MR) is 129 cm³/mol. The van der Waals surface area contributed by atoms with E-state index in [4.69, 9.17) is 9.47 Å². The van der Waals surface area contributed by atoms with Crippen LogP contribution >= 0.6 is 0 Å². The monoisotopic (exact) mass is 474 g/mol. The molecular formula is C27H39FN2O4. The van der Waals surface area contributed by atoms with Crippen molar-refractivity contribution in [1.29, 1.82) is 0 Å². The van der Waals surface area contributed by atoms with Crippen LogP contribution in [-0.2, 0) is 9.47 Å². The Bertz CT molecular complexity index is 1000. The van der Waals surface area contributed by atoms with Crippen molar-refractivity contribution < 1.29 is 24.1 Å². The fraction of sp³-hybridized carbons (Fsp3) is 0.741. The van der Waals surface area contributed by atoms with Gasteiger partial charge in [0.1, 0.15) is 5.60 Å². The van der Waals surface area contributed by atoms with Crippen molar-refractivity contribution in [3.63, 3.8) is 0 Å². The standard InChI is InChI=1S/C27H39FN2O4/c1-16-10-11-24(4)17(12-16)8-9-18-19-13-22-27(34-23(2,3)33-22,20(15-31)29-30(6)7)25(19,5)14-21(32)26(18,24)28/h10-12,18-19,21-22,31-32H,1,8-9,13-15H2,2-7H3/b29-20-/t18-,19-,21-,22+,24-,25-,26-,27+/m0/s1. The van der Waals surface area contributed by atoms with Crippen LogP contribution in [0.4, 0.5) is 4.39 Å². The molecule has 188 valence electrons. The van der Waals surface area contributed by atoms with Crippen LogP contribution in [0, 0.1) is 22.7 Å². The van der Waals surface area contributed by atoms with Crippen molar-refractivity contribution in [3.8, 4) is 0 Å². The van der Waals surface area contributed by atoms with Crippen molar-refractivity contribution in [1.82, 2.24) is 5.01 Å². The molecule has 1 heterocycles. The SMILES string of the molecule is C=C1C=C[C@@]2(C)C(=C1)CC[C@H]1[C@@H]3C[C@H]4OC(C)(C)O[C@@]4(/C(CO)=N\N(C)C)[C@@]3(C)C[C@H](O)[C@@]12F. The predicted octanol–water partition coefficient (Wildman–Crippen LogP) is 3.75. The van der Waals surface area contributed by atoms with Gasteiger partial charge in [0.25, 0.3) is 0 Å². The molecule has 4 fully saturated rings. The van der Waals surface area contributed by atoms with Gasteiger partial charge in [0.15, 0.2) is 11.5 Å². The number of hydrazone groups is 1. The van der Waals surface area contributed by atoms with Crippen LogP contribution in [-0.4, -0.2) is 70.9 Å². The molecule has 0 radical (unpaired) electrons. The zero-order chi connectivity index (χ0) is 24.9. The van der Waals surface area contributed by atoms with Crippen LogP contribution in [0.25, 0.3) is 0 Å². The summed E-state index contributed by atoms with van der Waals surface area (Å²) in [5.41, 5.74) is -2.05. The average molecular weight is 475 g/mol. The van der Waals surface area contributed by atoms with Gasteiger partial charge in [-0.3, -0.25) is 0 Å². The summed E-state index contributed by atoms with van der Waals surface area (Å²) in [4.78, 5) is 0. The molecule has 3 saturated carbocycles. The van der Waals surface area contributed by atoms with Crippen LogP contribution < -0.4 is 0 Å². The summed E-state index contributed by atoms with van der Waals surface area (Å²) in [6.45, 7) is 11.5. The van der Waals surface area contributed by atoms with Crippen molar-refractivity contribution in [2.24, 2.45) is 27.8 Å². The summed E-state index contributed by atoms with van der Waals surface area (Å²) < 4.78 is 30.6. The van der Waals surface area contributed by atoms with Crippen LogP contribution in [0.15, 0.2) is 41.1 Å². The minimum absolute atomic E-state index is 0.0992. The highest BCUT2D eigenvalue weighted by molar-refractivity contribution is 5.96. The highest BCUT2D eigenvalue weighted by Crippen LogP contribution is 2.72. The number of halogens is 1. The Balaban J connectivity index is 1.66. The molecule has 5 aliphatic rings. The fourth-order valence-electron chi connectivity index (χ4n) is 8.37. The fourth-order valence-corrected chi connectivity index (χ4v) is 8.37. The Hall–Kier alpha value is -1.54. The second kappa shape index (κ2) is 7.25. The quantitative estimate of drug-likeness (QED) is 0.481. The number of alkyl halides is 1. The maximum Gasteiger partial charge on any atom is 0.164 e. The topological polar surface area (TPSA) is 74.5 Å². The minimum atomic E-state index is -1.81. The molecule has 0 bridgehead atoms. The van der Waals surface area contributed by atoms with E-state index in [1.165, 1.54) is 0 Å². The zero-order valence-corrected chi connectivity index (χ0v) is 21.3. The van der Waals surface area contributed by atoms with E-state index >= 15 is 4.39 Å². The minimum Gasteiger partial charge on any atom is -0.390 e. The second-order valence-electron chi connectivity index (χ2n) is 12.1. The molecule has 0 aromatic heterocycles. The molecule has 1 saturated heterocycles. The lowest BCUT2D eigenvalue weighted by Gasteiger charge is -2.63. The molecule has 5 rings (SSSR count). The maximum absolute atomic E-state index is 17.5. The first-order chi connectivity index (χ1) is 15.7. The van der Waals surface area contributed by atoms with Crippen LogP contribution in [0.5, 0.6) is 0 Å². The lowest BCUT2D eigenvalue weighted by atomic mass is 9.44. The van der Waals surface area contributed by atoms with Crippen LogP contribution in [0.1, 0.15) is 53.4 Å². The van der Waals surface area contributed by atoms with Crippen molar-refractivity contribution in [2.45, 2.75) is 82.6 Å². The van der Waals surface area contributed by atoms with Gasteiger partial charge in [-0.15, -0.1) is 0 Å². The number of allylic oxidation sites excluding steroid dienone is 5.